The highest BCUT2D eigenvalue weighted by molar-refractivity contribution is 6.33. The zero-order valence-electron chi connectivity index (χ0n) is 20.0. The number of ether oxygens (including phenoxy) is 4. The number of Topliss-reactive ketones (excluding diaryl/α,β-unsaturated/α-hetero) is 2. The zero-order chi connectivity index (χ0) is 24.6. The number of amides is 1. The molecular formula is C27H28N2O7. The van der Waals surface area contributed by atoms with E-state index in [-0.39, 0.29) is 18.0 Å². The number of hydrogen-bond acceptors (Lipinski definition) is 7. The molecule has 9 heteroatoms. The molecule has 2 aliphatic carbocycles. The van der Waals surface area contributed by atoms with E-state index in [1.807, 2.05) is 6.07 Å². The number of nitrogens with zero attached hydrogens (tertiary/aromatic N) is 1. The number of fused-ring (bicyclic) bond motifs is 8. The van der Waals surface area contributed by atoms with E-state index in [1.54, 1.807) is 17.0 Å². The molecule has 9 nitrogen and oxygen atoms in total. The maximum atomic E-state index is 13.0. The average molecular weight is 493 g/mol. The number of aromatic nitrogens is 1. The van der Waals surface area contributed by atoms with Gasteiger partial charge in [0.25, 0.3) is 0 Å². The van der Waals surface area contributed by atoms with E-state index in [9.17, 15) is 14.4 Å². The fraction of sp³-hybridized carbons (Fsp3) is 0.444. The molecule has 3 aromatic rings. The summed E-state index contributed by atoms with van der Waals surface area (Å²) in [6, 6.07) is 5.38. The summed E-state index contributed by atoms with van der Waals surface area (Å²) < 4.78 is 22.2. The van der Waals surface area contributed by atoms with E-state index < -0.39 is 6.09 Å². The molecule has 1 fully saturated rings. The zero-order valence-corrected chi connectivity index (χ0v) is 20.0. The van der Waals surface area contributed by atoms with Crippen LogP contribution in [-0.4, -0.2) is 80.3 Å². The minimum atomic E-state index is -0.493. The van der Waals surface area contributed by atoms with Crippen LogP contribution < -0.4 is 4.74 Å². The number of hydrogen-bond donors (Lipinski definition) is 1. The summed E-state index contributed by atoms with van der Waals surface area (Å²) in [5.41, 5.74) is 5.04. The molecule has 1 aliphatic heterocycles. The van der Waals surface area contributed by atoms with Crippen molar-refractivity contribution in [3.63, 3.8) is 0 Å². The highest BCUT2D eigenvalue weighted by Crippen LogP contribution is 2.43. The molecule has 0 atom stereocenters. The van der Waals surface area contributed by atoms with E-state index in [2.05, 4.69) is 4.98 Å². The van der Waals surface area contributed by atoms with Gasteiger partial charge in [0, 0.05) is 40.5 Å². The van der Waals surface area contributed by atoms with Crippen molar-refractivity contribution in [3.05, 3.63) is 40.5 Å². The van der Waals surface area contributed by atoms with Crippen LogP contribution in [0.1, 0.15) is 44.7 Å². The molecule has 1 aromatic heterocycles. The summed E-state index contributed by atoms with van der Waals surface area (Å²) in [5, 5.41) is 1.55. The molecule has 1 N–H and O–H groups in total. The number of rotatable bonds is 1. The smallest absolute Gasteiger partial charge is 0.410 e. The number of benzene rings is 2. The molecule has 188 valence electrons. The number of carbonyl (C=O) groups is 3. The Labute approximate surface area is 207 Å². The lowest BCUT2D eigenvalue weighted by atomic mass is 9.94. The fourth-order valence-electron chi connectivity index (χ4n) is 5.55. The maximum Gasteiger partial charge on any atom is 0.415 e. The third-order valence-electron chi connectivity index (χ3n) is 7.19. The van der Waals surface area contributed by atoms with Gasteiger partial charge in [0.15, 0.2) is 11.6 Å². The Balaban J connectivity index is 1.32. The van der Waals surface area contributed by atoms with Gasteiger partial charge in [0.2, 0.25) is 0 Å². The van der Waals surface area contributed by atoms with Gasteiger partial charge >= 0.3 is 6.09 Å². The van der Waals surface area contributed by atoms with Gasteiger partial charge in [-0.3, -0.25) is 9.59 Å². The largest absolute Gasteiger partial charge is 0.415 e. The summed E-state index contributed by atoms with van der Waals surface area (Å²) in [4.78, 5) is 43.7. The van der Waals surface area contributed by atoms with Crippen molar-refractivity contribution in [2.24, 2.45) is 0 Å². The Bertz CT molecular complexity index is 1360. The number of carbonyl (C=O) groups excluding carboxylic acids is 3. The second-order valence-corrected chi connectivity index (χ2v) is 9.36. The van der Waals surface area contributed by atoms with Crippen molar-refractivity contribution in [2.45, 2.75) is 25.7 Å². The molecule has 1 saturated heterocycles. The summed E-state index contributed by atoms with van der Waals surface area (Å²) in [5.74, 6) is 0.154. The van der Waals surface area contributed by atoms with Gasteiger partial charge in [-0.1, -0.05) is 0 Å². The van der Waals surface area contributed by atoms with Crippen LogP contribution >= 0.6 is 0 Å². The number of H-pyrrole nitrogens is 1. The highest BCUT2D eigenvalue weighted by Gasteiger charge is 2.36. The third-order valence-corrected chi connectivity index (χ3v) is 7.19. The molecule has 0 saturated carbocycles. The van der Waals surface area contributed by atoms with Crippen LogP contribution in [0.15, 0.2) is 18.2 Å². The van der Waals surface area contributed by atoms with Crippen LogP contribution in [0.2, 0.25) is 0 Å². The minimum absolute atomic E-state index is 0.0759. The molecule has 6 rings (SSSR count). The number of nitrogens with one attached hydrogen (secondary N) is 1. The van der Waals surface area contributed by atoms with Crippen molar-refractivity contribution < 1.29 is 33.3 Å². The van der Waals surface area contributed by atoms with Gasteiger partial charge < -0.3 is 28.8 Å². The number of aryl methyl sites for hydroxylation is 1. The quantitative estimate of drug-likeness (QED) is 0.519. The van der Waals surface area contributed by atoms with Crippen molar-refractivity contribution in [2.75, 3.05) is 52.7 Å². The standard InChI is InChI=1S/C27H28N2O7/c30-21-15-22(31)25-23(21)17-2-1-3-18(17)26-24(25)19-14-16(4-5-20(19)28-26)36-27(32)29-6-8-33-10-12-35-13-11-34-9-7-29/h4-5,14,28H,1-3,6-13,15H2. The lowest BCUT2D eigenvalue weighted by Crippen LogP contribution is -2.39. The van der Waals surface area contributed by atoms with Gasteiger partial charge in [-0.05, 0) is 48.6 Å². The Morgan fingerprint density at radius 1 is 0.861 bits per heavy atom. The molecule has 3 aliphatic rings. The van der Waals surface area contributed by atoms with Crippen molar-refractivity contribution in [1.29, 1.82) is 0 Å². The summed E-state index contributed by atoms with van der Waals surface area (Å²) >= 11 is 0. The van der Waals surface area contributed by atoms with Gasteiger partial charge in [0.05, 0.1) is 51.6 Å². The second-order valence-electron chi connectivity index (χ2n) is 9.36. The van der Waals surface area contributed by atoms with Crippen LogP contribution in [0, 0.1) is 0 Å². The Morgan fingerprint density at radius 2 is 1.53 bits per heavy atom. The molecule has 0 spiro atoms. The highest BCUT2D eigenvalue weighted by atomic mass is 16.6. The summed E-state index contributed by atoms with van der Waals surface area (Å²) in [6.45, 7) is 3.35. The van der Waals surface area contributed by atoms with E-state index in [1.165, 1.54) is 0 Å². The molecule has 2 heterocycles. The van der Waals surface area contributed by atoms with Gasteiger partial charge in [-0.25, -0.2) is 4.79 Å². The molecule has 2 aromatic carbocycles. The van der Waals surface area contributed by atoms with Gasteiger partial charge in [0.1, 0.15) is 5.75 Å². The van der Waals surface area contributed by atoms with E-state index in [0.29, 0.717) is 69.6 Å². The Morgan fingerprint density at radius 3 is 2.28 bits per heavy atom. The van der Waals surface area contributed by atoms with Crippen LogP contribution in [0.5, 0.6) is 5.75 Å². The van der Waals surface area contributed by atoms with Crippen LogP contribution in [0.4, 0.5) is 4.79 Å². The monoisotopic (exact) mass is 492 g/mol. The fourth-order valence-corrected chi connectivity index (χ4v) is 5.55. The summed E-state index contributed by atoms with van der Waals surface area (Å²) in [6.07, 6.45) is 2.10. The van der Waals surface area contributed by atoms with Crippen molar-refractivity contribution >= 4 is 39.5 Å². The maximum absolute atomic E-state index is 13.0. The lowest BCUT2D eigenvalue weighted by molar-refractivity contribution is -0.00342. The normalized spacial score (nSPS) is 19.3. The molecule has 0 radical (unpaired) electrons. The SMILES string of the molecule is O=C1CC(=O)c2c1c1c(c3[nH]c4ccc(OC(=O)N5CCOCCOCCOCC5)cc4c23)CCC1. The number of aromatic amines is 1. The minimum Gasteiger partial charge on any atom is -0.410 e. The van der Waals surface area contributed by atoms with Crippen LogP contribution in [0.3, 0.4) is 0 Å². The number of ketones is 2. The topological polar surface area (TPSA) is 107 Å². The van der Waals surface area contributed by atoms with Gasteiger partial charge in [-0.2, -0.15) is 0 Å². The predicted molar refractivity (Wildman–Crippen MR) is 131 cm³/mol. The molecular weight excluding hydrogens is 464 g/mol. The average Bonchev–Trinajstić information content (AvgIpc) is 3.54. The van der Waals surface area contributed by atoms with E-state index in [0.717, 1.165) is 52.2 Å². The van der Waals surface area contributed by atoms with Crippen molar-refractivity contribution in [3.8, 4) is 5.75 Å². The van der Waals surface area contributed by atoms with E-state index in [4.69, 9.17) is 18.9 Å². The van der Waals surface area contributed by atoms with Gasteiger partial charge in [-0.15, -0.1) is 0 Å². The predicted octanol–water partition coefficient (Wildman–Crippen LogP) is 3.44. The first kappa shape index (κ1) is 23.1. The summed E-state index contributed by atoms with van der Waals surface area (Å²) in [7, 11) is 0. The van der Waals surface area contributed by atoms with Crippen molar-refractivity contribution in [1.82, 2.24) is 9.88 Å². The van der Waals surface area contributed by atoms with E-state index >= 15 is 0 Å². The van der Waals surface area contributed by atoms with Crippen LogP contribution in [-0.2, 0) is 27.1 Å². The Kier molecular flexibility index (Phi) is 6.20. The molecule has 36 heavy (non-hydrogen) atoms. The Hall–Kier alpha value is -3.27. The molecule has 0 unspecified atom stereocenters. The molecule has 1 amide bonds. The lowest BCUT2D eigenvalue weighted by Gasteiger charge is -2.22. The first-order chi connectivity index (χ1) is 17.6. The third kappa shape index (κ3) is 4.07. The van der Waals surface area contributed by atoms with Crippen LogP contribution in [0.25, 0.3) is 21.8 Å². The first-order valence-corrected chi connectivity index (χ1v) is 12.5. The molecule has 0 bridgehead atoms. The first-order valence-electron chi connectivity index (χ1n) is 12.5. The second kappa shape index (κ2) is 9.65.